The fourth-order valence-corrected chi connectivity index (χ4v) is 1.77. The van der Waals surface area contributed by atoms with Gasteiger partial charge in [-0.3, -0.25) is 4.79 Å². The number of nitrogens with one attached hydrogen (secondary N) is 2. The number of amides is 1. The first kappa shape index (κ1) is 14.8. The predicted molar refractivity (Wildman–Crippen MR) is 68.4 cm³/mol. The van der Waals surface area contributed by atoms with Crippen molar-refractivity contribution in [2.24, 2.45) is 0 Å². The zero-order valence-corrected chi connectivity index (χ0v) is 11.3. The van der Waals surface area contributed by atoms with Gasteiger partial charge in [-0.15, -0.1) is 0 Å². The molecule has 0 aromatic rings. The summed E-state index contributed by atoms with van der Waals surface area (Å²) in [4.78, 5) is 11.5. The van der Waals surface area contributed by atoms with E-state index in [-0.39, 0.29) is 17.5 Å². The molecular weight excluding hydrogens is 208 g/mol. The second-order valence-electron chi connectivity index (χ2n) is 4.85. The number of rotatable bonds is 6. The highest BCUT2D eigenvalue weighted by molar-refractivity contribution is 7.98. The van der Waals surface area contributed by atoms with Gasteiger partial charge in [0.15, 0.2) is 0 Å². The Morgan fingerprint density at radius 3 is 2.47 bits per heavy atom. The second-order valence-corrected chi connectivity index (χ2v) is 5.76. The summed E-state index contributed by atoms with van der Waals surface area (Å²) in [6, 6.07) is 0.266. The van der Waals surface area contributed by atoms with E-state index in [1.54, 1.807) is 11.8 Å². The van der Waals surface area contributed by atoms with Crippen molar-refractivity contribution in [3.8, 4) is 0 Å². The van der Waals surface area contributed by atoms with Gasteiger partial charge in [0, 0.05) is 30.3 Å². The maximum Gasteiger partial charge on any atom is 0.221 e. The molecule has 0 heterocycles. The van der Waals surface area contributed by atoms with Crippen LogP contribution < -0.4 is 10.6 Å². The van der Waals surface area contributed by atoms with Gasteiger partial charge in [-0.2, -0.15) is 11.8 Å². The predicted octanol–water partition coefficient (Wildman–Crippen LogP) is 1.63. The second kappa shape index (κ2) is 7.12. The van der Waals surface area contributed by atoms with Crippen LogP contribution in [-0.2, 0) is 4.79 Å². The van der Waals surface area contributed by atoms with Gasteiger partial charge in [-0.1, -0.05) is 0 Å². The standard InChI is InChI=1S/C11H24N2OS/c1-9(8-15-5)13-10(14)6-7-12-11(2,3)4/h9,12H,6-8H2,1-5H3,(H,13,14). The molecule has 15 heavy (non-hydrogen) atoms. The third kappa shape index (κ3) is 10.1. The lowest BCUT2D eigenvalue weighted by molar-refractivity contribution is -0.121. The zero-order valence-electron chi connectivity index (χ0n) is 10.5. The van der Waals surface area contributed by atoms with E-state index in [2.05, 4.69) is 31.4 Å². The first-order valence-electron chi connectivity index (χ1n) is 5.38. The van der Waals surface area contributed by atoms with Crippen LogP contribution in [0, 0.1) is 0 Å². The summed E-state index contributed by atoms with van der Waals surface area (Å²) in [6.45, 7) is 9.07. The number of thioether (sulfide) groups is 1. The summed E-state index contributed by atoms with van der Waals surface area (Å²) >= 11 is 1.75. The smallest absolute Gasteiger partial charge is 0.221 e. The third-order valence-corrected chi connectivity index (χ3v) is 2.66. The molecule has 0 aliphatic heterocycles. The summed E-state index contributed by atoms with van der Waals surface area (Å²) in [7, 11) is 0. The van der Waals surface area contributed by atoms with E-state index >= 15 is 0 Å². The van der Waals surface area contributed by atoms with Gasteiger partial charge in [0.25, 0.3) is 0 Å². The minimum atomic E-state index is 0.0885. The van der Waals surface area contributed by atoms with E-state index in [0.717, 1.165) is 12.3 Å². The van der Waals surface area contributed by atoms with Crippen LogP contribution in [0.25, 0.3) is 0 Å². The fraction of sp³-hybridized carbons (Fsp3) is 0.909. The molecule has 1 unspecified atom stereocenters. The molecule has 2 N–H and O–H groups in total. The number of carbonyl (C=O) groups excluding carboxylic acids is 1. The highest BCUT2D eigenvalue weighted by Crippen LogP contribution is 1.99. The van der Waals surface area contributed by atoms with Crippen molar-refractivity contribution in [1.82, 2.24) is 10.6 Å². The van der Waals surface area contributed by atoms with Gasteiger partial charge in [0.1, 0.15) is 0 Å². The van der Waals surface area contributed by atoms with Crippen molar-refractivity contribution in [3.05, 3.63) is 0 Å². The van der Waals surface area contributed by atoms with E-state index in [1.807, 2.05) is 13.2 Å². The molecule has 90 valence electrons. The molecule has 0 spiro atoms. The molecule has 4 heteroatoms. The Morgan fingerprint density at radius 1 is 1.40 bits per heavy atom. The van der Waals surface area contributed by atoms with Crippen LogP contribution in [0.15, 0.2) is 0 Å². The Bertz CT molecular complexity index is 190. The third-order valence-electron chi connectivity index (χ3n) is 1.83. The van der Waals surface area contributed by atoms with Crippen LogP contribution in [-0.4, -0.2) is 36.0 Å². The maximum absolute atomic E-state index is 11.5. The minimum Gasteiger partial charge on any atom is -0.353 e. The first-order valence-corrected chi connectivity index (χ1v) is 6.78. The van der Waals surface area contributed by atoms with E-state index in [9.17, 15) is 4.79 Å². The molecule has 0 bridgehead atoms. The largest absolute Gasteiger partial charge is 0.353 e. The van der Waals surface area contributed by atoms with E-state index in [4.69, 9.17) is 0 Å². The lowest BCUT2D eigenvalue weighted by Gasteiger charge is -2.20. The van der Waals surface area contributed by atoms with Crippen molar-refractivity contribution >= 4 is 17.7 Å². The zero-order chi connectivity index (χ0) is 11.9. The quantitative estimate of drug-likeness (QED) is 0.731. The molecule has 0 aromatic carbocycles. The van der Waals surface area contributed by atoms with E-state index < -0.39 is 0 Å². The Kier molecular flexibility index (Phi) is 7.02. The van der Waals surface area contributed by atoms with Crippen molar-refractivity contribution in [2.75, 3.05) is 18.6 Å². The fourth-order valence-electron chi connectivity index (χ4n) is 1.19. The van der Waals surface area contributed by atoms with Gasteiger partial charge >= 0.3 is 0 Å². The summed E-state index contributed by atoms with van der Waals surface area (Å²) in [5, 5.41) is 6.26. The average Bonchev–Trinajstić information content (AvgIpc) is 2.01. The van der Waals surface area contributed by atoms with Crippen molar-refractivity contribution < 1.29 is 4.79 Å². The molecule has 1 atom stereocenters. The molecule has 0 saturated carbocycles. The Morgan fingerprint density at radius 2 is 2.00 bits per heavy atom. The topological polar surface area (TPSA) is 41.1 Å². The molecule has 0 aliphatic rings. The number of hydrogen-bond donors (Lipinski definition) is 2. The van der Waals surface area contributed by atoms with Gasteiger partial charge in [-0.25, -0.2) is 0 Å². The molecule has 0 rings (SSSR count). The van der Waals surface area contributed by atoms with E-state index in [0.29, 0.717) is 6.42 Å². The number of carbonyl (C=O) groups is 1. The molecule has 0 aliphatic carbocycles. The Balaban J connectivity index is 3.58. The van der Waals surface area contributed by atoms with Gasteiger partial charge < -0.3 is 10.6 Å². The first-order chi connectivity index (χ1) is 6.85. The minimum absolute atomic E-state index is 0.0885. The van der Waals surface area contributed by atoms with Crippen LogP contribution in [0.1, 0.15) is 34.1 Å². The molecule has 0 fully saturated rings. The normalized spacial score (nSPS) is 13.7. The van der Waals surface area contributed by atoms with Crippen LogP contribution in [0.4, 0.5) is 0 Å². The van der Waals surface area contributed by atoms with Crippen molar-refractivity contribution in [2.45, 2.75) is 45.7 Å². The van der Waals surface area contributed by atoms with Crippen LogP contribution in [0.5, 0.6) is 0 Å². The molecular formula is C11H24N2OS. The molecule has 1 amide bonds. The molecule has 0 saturated heterocycles. The van der Waals surface area contributed by atoms with Gasteiger partial charge in [-0.05, 0) is 34.0 Å². The summed E-state index contributed by atoms with van der Waals surface area (Å²) < 4.78 is 0. The Labute approximate surface area is 97.8 Å². The summed E-state index contributed by atoms with van der Waals surface area (Å²) in [5.41, 5.74) is 0.0885. The van der Waals surface area contributed by atoms with Crippen LogP contribution in [0.2, 0.25) is 0 Å². The molecule has 0 aromatic heterocycles. The lowest BCUT2D eigenvalue weighted by atomic mass is 10.1. The monoisotopic (exact) mass is 232 g/mol. The van der Waals surface area contributed by atoms with Gasteiger partial charge in [0.2, 0.25) is 5.91 Å². The van der Waals surface area contributed by atoms with Crippen LogP contribution >= 0.6 is 11.8 Å². The van der Waals surface area contributed by atoms with Crippen LogP contribution in [0.3, 0.4) is 0 Å². The Hall–Kier alpha value is -0.220. The summed E-state index contributed by atoms with van der Waals surface area (Å²) in [6.07, 6.45) is 2.60. The maximum atomic E-state index is 11.5. The highest BCUT2D eigenvalue weighted by atomic mass is 32.2. The van der Waals surface area contributed by atoms with Crippen molar-refractivity contribution in [3.63, 3.8) is 0 Å². The van der Waals surface area contributed by atoms with Gasteiger partial charge in [0.05, 0.1) is 0 Å². The summed E-state index contributed by atoms with van der Waals surface area (Å²) in [5.74, 6) is 1.10. The van der Waals surface area contributed by atoms with Crippen molar-refractivity contribution in [1.29, 1.82) is 0 Å². The highest BCUT2D eigenvalue weighted by Gasteiger charge is 2.10. The molecule has 0 radical (unpaired) electrons. The van der Waals surface area contributed by atoms with E-state index in [1.165, 1.54) is 0 Å². The number of hydrogen-bond acceptors (Lipinski definition) is 3. The molecule has 3 nitrogen and oxygen atoms in total. The lowest BCUT2D eigenvalue weighted by Crippen LogP contribution is -2.40. The average molecular weight is 232 g/mol. The SMILES string of the molecule is CSCC(C)NC(=O)CCNC(C)(C)C.